The number of allylic oxidation sites excluding steroid dienone is 5. The van der Waals surface area contributed by atoms with Gasteiger partial charge in [-0.15, -0.1) is 0 Å². The van der Waals surface area contributed by atoms with Crippen LogP contribution in [-0.2, 0) is 17.9 Å². The summed E-state index contributed by atoms with van der Waals surface area (Å²) in [5.41, 5.74) is 11.4. The summed E-state index contributed by atoms with van der Waals surface area (Å²) in [5, 5.41) is 19.8. The molecule has 1 aromatic rings. The van der Waals surface area contributed by atoms with Crippen molar-refractivity contribution >= 4 is 31.7 Å². The van der Waals surface area contributed by atoms with Crippen molar-refractivity contribution in [2.75, 3.05) is 0 Å². The van der Waals surface area contributed by atoms with Gasteiger partial charge in [0.2, 0.25) is 0 Å². The van der Waals surface area contributed by atoms with Gasteiger partial charge in [0.25, 0.3) is 0 Å². The van der Waals surface area contributed by atoms with Crippen molar-refractivity contribution in [2.45, 2.75) is 116 Å². The molecule has 2 nitrogen and oxygen atoms in total. The van der Waals surface area contributed by atoms with Crippen LogP contribution in [0.25, 0.3) is 5.57 Å². The van der Waals surface area contributed by atoms with Crippen LogP contribution in [0.1, 0.15) is 88.6 Å². The van der Waals surface area contributed by atoms with Gasteiger partial charge in [-0.25, -0.2) is 0 Å². The van der Waals surface area contributed by atoms with Gasteiger partial charge < -0.3 is 0 Å². The van der Waals surface area contributed by atoms with Gasteiger partial charge >= 0.3 is 252 Å². The van der Waals surface area contributed by atoms with E-state index in [1.807, 2.05) is 0 Å². The summed E-state index contributed by atoms with van der Waals surface area (Å²) in [7, 11) is -4.21. The maximum atomic E-state index is 10.2. The molecule has 0 amide bonds. The summed E-state index contributed by atoms with van der Waals surface area (Å²) < 4.78 is 1.13. The molecule has 0 unspecified atom stereocenters. The fourth-order valence-corrected chi connectivity index (χ4v) is 21.4. The molecular weight excluding hydrogens is 594 g/mol. The Balaban J connectivity index is 3.21. The molecule has 0 bridgehead atoms. The van der Waals surface area contributed by atoms with Crippen molar-refractivity contribution in [3.63, 3.8) is 0 Å². The first kappa shape index (κ1) is 33.3. The number of rotatable bonds is 9. The van der Waals surface area contributed by atoms with E-state index in [9.17, 15) is 5.26 Å². The molecular formula is C34H48N2RuSi2+. The average Bonchev–Trinajstić information content (AvgIpc) is 2.84. The van der Waals surface area contributed by atoms with E-state index in [2.05, 4.69) is 155 Å². The second-order valence-corrected chi connectivity index (χ2v) is 25.1. The molecule has 0 aliphatic heterocycles. The van der Waals surface area contributed by atoms with E-state index in [1.165, 1.54) is 16.3 Å². The zero-order chi connectivity index (χ0) is 29.9. The third-order valence-corrected chi connectivity index (χ3v) is 23.6. The first-order chi connectivity index (χ1) is 18.2. The van der Waals surface area contributed by atoms with Crippen LogP contribution in [-0.4, -0.2) is 26.1 Å². The minimum absolute atomic E-state index is 0.253. The number of benzene rings is 1. The standard InChI is InChI=1S/C34H48N2Si2.Ru/c1-23(2)37(24(3)4,25(5)6)19-18-31(30(21-35)22-36)33-20-32(29-16-14-13-15-17-29)34(33)38(26(7)8,27(9)10)28(11)12;/h13-17,23-28,35H,1-12H3;/q;+1/b33-31+;. The third kappa shape index (κ3) is 5.67. The van der Waals surface area contributed by atoms with E-state index < -0.39 is 16.1 Å². The number of hydrogen-bond acceptors (Lipinski definition) is 2. The second kappa shape index (κ2) is 13.2. The molecule has 0 radical (unpaired) electrons. The average molecular weight is 642 g/mol. The zero-order valence-electron chi connectivity index (χ0n) is 26.2. The van der Waals surface area contributed by atoms with Gasteiger partial charge in [-0.1, -0.05) is 0 Å². The zero-order valence-corrected chi connectivity index (χ0v) is 29.9. The second-order valence-electron chi connectivity index (χ2n) is 12.8. The Morgan fingerprint density at radius 1 is 0.769 bits per heavy atom. The minimum atomic E-state index is -2.15. The van der Waals surface area contributed by atoms with E-state index >= 15 is 0 Å². The molecule has 209 valence electrons. The van der Waals surface area contributed by atoms with Crippen LogP contribution < -0.4 is 0 Å². The van der Waals surface area contributed by atoms with Crippen LogP contribution in [0.3, 0.4) is 0 Å². The molecule has 1 aromatic carbocycles. The van der Waals surface area contributed by atoms with Crippen molar-refractivity contribution in [2.24, 2.45) is 0 Å². The predicted molar refractivity (Wildman–Crippen MR) is 172 cm³/mol. The van der Waals surface area contributed by atoms with Gasteiger partial charge in [0, 0.05) is 0 Å². The van der Waals surface area contributed by atoms with Crippen molar-refractivity contribution in [1.29, 1.82) is 10.7 Å². The summed E-state index contributed by atoms with van der Waals surface area (Å²) >= 11 is 2.87. The molecule has 0 aromatic heterocycles. The third-order valence-electron chi connectivity index (χ3n) is 9.30. The van der Waals surface area contributed by atoms with Crippen LogP contribution in [0.4, 0.5) is 0 Å². The quantitative estimate of drug-likeness (QED) is 0.124. The van der Waals surface area contributed by atoms with Crippen molar-refractivity contribution in [3.05, 3.63) is 57.8 Å². The first-order valence-corrected chi connectivity index (χ1v) is 19.8. The van der Waals surface area contributed by atoms with Crippen molar-refractivity contribution in [3.8, 4) is 17.5 Å². The van der Waals surface area contributed by atoms with Gasteiger partial charge in [-0.3, -0.25) is 0 Å². The normalized spacial score (nSPS) is 15.6. The number of hydrogen-bond donors (Lipinski definition) is 1. The van der Waals surface area contributed by atoms with E-state index in [1.54, 1.807) is 0 Å². The van der Waals surface area contributed by atoms with E-state index in [4.69, 9.17) is 5.41 Å². The van der Waals surface area contributed by atoms with Crippen molar-refractivity contribution < 1.29 is 17.9 Å². The van der Waals surface area contributed by atoms with E-state index in [0.29, 0.717) is 38.8 Å². The summed E-state index contributed by atoms with van der Waals surface area (Å²) in [6.45, 7) is 28.2. The van der Waals surface area contributed by atoms with Crippen LogP contribution in [0, 0.1) is 28.2 Å². The summed E-state index contributed by atoms with van der Waals surface area (Å²) in [5.74, 6) is 6.13. The molecule has 2 rings (SSSR count). The molecule has 1 aliphatic rings. The van der Waals surface area contributed by atoms with Gasteiger partial charge in [-0.05, 0) is 0 Å². The van der Waals surface area contributed by atoms with Gasteiger partial charge in [0.1, 0.15) is 0 Å². The molecule has 0 spiro atoms. The number of nitrogens with zero attached hydrogens (tertiary/aromatic N) is 1. The summed E-state index contributed by atoms with van der Waals surface area (Å²) in [6, 6.07) is 13.0. The first-order valence-electron chi connectivity index (χ1n) is 14.5. The van der Waals surface area contributed by atoms with Gasteiger partial charge in [0.15, 0.2) is 0 Å². The number of nitriles is 1. The monoisotopic (exact) mass is 642 g/mol. The Morgan fingerprint density at radius 2 is 1.23 bits per heavy atom. The Labute approximate surface area is 250 Å². The predicted octanol–water partition coefficient (Wildman–Crippen LogP) is 9.61. The fourth-order valence-electron chi connectivity index (χ4n) is 7.80. The molecule has 0 saturated carbocycles. The molecule has 0 heterocycles. The maximum absolute atomic E-state index is 10.2. The topological polar surface area (TPSA) is 47.6 Å². The van der Waals surface area contributed by atoms with Gasteiger partial charge in [-0.2, -0.15) is 0 Å². The van der Waals surface area contributed by atoms with E-state index in [0.717, 1.165) is 9.68 Å². The molecule has 1 N–H and O–H groups in total. The summed E-state index contributed by atoms with van der Waals surface area (Å²) in [6.07, 6.45) is 0. The fraction of sp³-hybridized carbons (Fsp3) is 0.529. The van der Waals surface area contributed by atoms with Crippen LogP contribution in [0.2, 0.25) is 33.2 Å². The Kier molecular flexibility index (Phi) is 11.3. The molecule has 39 heavy (non-hydrogen) atoms. The summed E-state index contributed by atoms with van der Waals surface area (Å²) in [4.78, 5) is 0. The molecule has 0 fully saturated rings. The Bertz CT molecular complexity index is 1260. The Hall–Kier alpha value is -1.87. The molecule has 0 saturated heterocycles. The van der Waals surface area contributed by atoms with Crippen molar-refractivity contribution in [1.82, 2.24) is 0 Å². The SMILES string of the molecule is CC(C)[Si](C#C/C(C(=C=N)C#N)=C1/[C](=[Ru+])C(c2ccccc2)=C1[Si](C(C)C)(C(C)C)C(C)C)(C(C)C)C(C)C. The molecule has 1 aliphatic carbocycles. The van der Waals surface area contributed by atoms with E-state index in [-0.39, 0.29) is 5.57 Å². The molecule has 0 atom stereocenters. The Morgan fingerprint density at radius 3 is 1.59 bits per heavy atom. The van der Waals surface area contributed by atoms with Crippen LogP contribution in [0.5, 0.6) is 0 Å². The van der Waals surface area contributed by atoms with Crippen LogP contribution in [0.15, 0.2) is 52.2 Å². The van der Waals surface area contributed by atoms with Gasteiger partial charge in [0.05, 0.1) is 0 Å². The van der Waals surface area contributed by atoms with Crippen LogP contribution >= 0.6 is 0 Å². The number of nitrogens with one attached hydrogen (secondary N) is 1. The molecule has 5 heteroatoms.